The second kappa shape index (κ2) is 7.51. The zero-order valence-corrected chi connectivity index (χ0v) is 15.5. The molecule has 3 rings (SSSR count). The molecule has 0 radical (unpaired) electrons. The standard InChI is InChI=1S/C18H19FN2O5S/c1-27(24,25)18-12-14(21(22)23)4-7-17(18)20-10-8-16(9-11-20)26-15-5-2-13(19)3-6-15/h2-7,12,16H,8-11H2,1H3. The van der Waals surface area contributed by atoms with Gasteiger partial charge in [0.05, 0.1) is 15.5 Å². The van der Waals surface area contributed by atoms with Gasteiger partial charge in [-0.2, -0.15) is 0 Å². The number of anilines is 1. The fraction of sp³-hybridized carbons (Fsp3) is 0.333. The summed E-state index contributed by atoms with van der Waals surface area (Å²) in [5.41, 5.74) is 0.206. The molecule has 2 aromatic rings. The average molecular weight is 394 g/mol. The summed E-state index contributed by atoms with van der Waals surface area (Å²) in [5.74, 6) is 0.255. The molecular weight excluding hydrogens is 375 g/mol. The maximum Gasteiger partial charge on any atom is 0.270 e. The number of nitro benzene ring substituents is 1. The number of ether oxygens (including phenoxy) is 1. The maximum absolute atomic E-state index is 13.0. The topological polar surface area (TPSA) is 89.8 Å². The van der Waals surface area contributed by atoms with Gasteiger partial charge < -0.3 is 9.64 Å². The molecule has 0 spiro atoms. The minimum absolute atomic E-state index is 0.0467. The number of benzene rings is 2. The van der Waals surface area contributed by atoms with E-state index in [2.05, 4.69) is 0 Å². The normalized spacial score (nSPS) is 15.6. The van der Waals surface area contributed by atoms with Crippen LogP contribution in [0.3, 0.4) is 0 Å². The second-order valence-corrected chi connectivity index (χ2v) is 8.42. The molecule has 7 nitrogen and oxygen atoms in total. The Kier molecular flexibility index (Phi) is 5.31. The van der Waals surface area contributed by atoms with Gasteiger partial charge in [0.25, 0.3) is 5.69 Å². The van der Waals surface area contributed by atoms with Crippen molar-refractivity contribution in [2.45, 2.75) is 23.8 Å². The number of sulfone groups is 1. The maximum atomic E-state index is 13.0. The fourth-order valence-corrected chi connectivity index (χ4v) is 4.01. The first-order chi connectivity index (χ1) is 12.7. The number of rotatable bonds is 5. The smallest absolute Gasteiger partial charge is 0.270 e. The molecule has 144 valence electrons. The molecule has 27 heavy (non-hydrogen) atoms. The van der Waals surface area contributed by atoms with E-state index < -0.39 is 14.8 Å². The van der Waals surface area contributed by atoms with E-state index in [1.807, 2.05) is 4.90 Å². The Morgan fingerprint density at radius 1 is 1.15 bits per heavy atom. The number of piperidine rings is 1. The summed E-state index contributed by atoms with van der Waals surface area (Å²) >= 11 is 0. The third kappa shape index (κ3) is 4.54. The highest BCUT2D eigenvalue weighted by atomic mass is 32.2. The summed E-state index contributed by atoms with van der Waals surface area (Å²) < 4.78 is 43.0. The van der Waals surface area contributed by atoms with Crippen LogP contribution in [-0.4, -0.2) is 38.8 Å². The molecule has 0 N–H and O–H groups in total. The lowest BCUT2D eigenvalue weighted by Gasteiger charge is -2.34. The van der Waals surface area contributed by atoms with Gasteiger partial charge in [-0.1, -0.05) is 0 Å². The van der Waals surface area contributed by atoms with Gasteiger partial charge in [0.2, 0.25) is 0 Å². The van der Waals surface area contributed by atoms with Crippen LogP contribution >= 0.6 is 0 Å². The first-order valence-electron chi connectivity index (χ1n) is 8.40. The Morgan fingerprint density at radius 2 is 1.78 bits per heavy atom. The molecule has 1 heterocycles. The largest absolute Gasteiger partial charge is 0.490 e. The van der Waals surface area contributed by atoms with Crippen LogP contribution in [0.1, 0.15) is 12.8 Å². The summed E-state index contributed by atoms with van der Waals surface area (Å²) in [7, 11) is -3.62. The van der Waals surface area contributed by atoms with Gasteiger partial charge in [-0.05, 0) is 30.3 Å². The van der Waals surface area contributed by atoms with E-state index in [1.54, 1.807) is 12.1 Å². The van der Waals surface area contributed by atoms with Crippen LogP contribution < -0.4 is 9.64 Å². The second-order valence-electron chi connectivity index (χ2n) is 6.44. The molecule has 1 aliphatic heterocycles. The number of nitrogens with zero attached hydrogens (tertiary/aromatic N) is 2. The molecular formula is C18H19FN2O5S. The summed E-state index contributed by atoms with van der Waals surface area (Å²) in [6, 6.07) is 9.70. The Morgan fingerprint density at radius 3 is 2.33 bits per heavy atom. The summed E-state index contributed by atoms with van der Waals surface area (Å²) in [5, 5.41) is 11.0. The van der Waals surface area contributed by atoms with Crippen molar-refractivity contribution < 1.29 is 22.5 Å². The van der Waals surface area contributed by atoms with E-state index in [0.717, 1.165) is 12.3 Å². The third-order valence-electron chi connectivity index (χ3n) is 4.45. The molecule has 1 fully saturated rings. The molecule has 0 saturated carbocycles. The summed E-state index contributed by atoms with van der Waals surface area (Å²) in [4.78, 5) is 12.2. The molecule has 9 heteroatoms. The third-order valence-corrected chi connectivity index (χ3v) is 5.58. The number of halogens is 1. The predicted molar refractivity (Wildman–Crippen MR) is 98.5 cm³/mol. The van der Waals surface area contributed by atoms with Gasteiger partial charge in [0, 0.05) is 44.3 Å². The van der Waals surface area contributed by atoms with Crippen LogP contribution in [0.4, 0.5) is 15.8 Å². The van der Waals surface area contributed by atoms with Crippen molar-refractivity contribution in [3.63, 3.8) is 0 Å². The molecule has 2 aromatic carbocycles. The lowest BCUT2D eigenvalue weighted by atomic mass is 10.1. The van der Waals surface area contributed by atoms with Crippen molar-refractivity contribution in [3.8, 4) is 5.75 Å². The Hall–Kier alpha value is -2.68. The van der Waals surface area contributed by atoms with E-state index in [1.165, 1.54) is 24.3 Å². The lowest BCUT2D eigenvalue weighted by molar-refractivity contribution is -0.385. The fourth-order valence-electron chi connectivity index (χ4n) is 3.09. The van der Waals surface area contributed by atoms with Crippen molar-refractivity contribution in [2.75, 3.05) is 24.2 Å². The molecule has 0 unspecified atom stereocenters. The summed E-state index contributed by atoms with van der Waals surface area (Å²) in [6.07, 6.45) is 2.28. The van der Waals surface area contributed by atoms with E-state index in [9.17, 15) is 22.9 Å². The molecule has 1 aliphatic rings. The first kappa shape index (κ1) is 19.1. The van der Waals surface area contributed by atoms with Crippen LogP contribution in [0.2, 0.25) is 0 Å². The van der Waals surface area contributed by atoms with Gasteiger partial charge in [-0.3, -0.25) is 10.1 Å². The minimum atomic E-state index is -3.62. The van der Waals surface area contributed by atoms with Crippen molar-refractivity contribution in [2.24, 2.45) is 0 Å². The van der Waals surface area contributed by atoms with Gasteiger partial charge >= 0.3 is 0 Å². The first-order valence-corrected chi connectivity index (χ1v) is 10.3. The van der Waals surface area contributed by atoms with Gasteiger partial charge in [-0.15, -0.1) is 0 Å². The van der Waals surface area contributed by atoms with Crippen LogP contribution in [0.25, 0.3) is 0 Å². The Bertz CT molecular complexity index is 939. The van der Waals surface area contributed by atoms with Crippen molar-refractivity contribution in [3.05, 3.63) is 58.4 Å². The van der Waals surface area contributed by atoms with Crippen LogP contribution in [-0.2, 0) is 9.84 Å². The van der Waals surface area contributed by atoms with E-state index in [4.69, 9.17) is 4.74 Å². The van der Waals surface area contributed by atoms with Gasteiger partial charge in [0.1, 0.15) is 17.7 Å². The molecule has 0 aliphatic carbocycles. The van der Waals surface area contributed by atoms with Gasteiger partial charge in [0.15, 0.2) is 9.84 Å². The van der Waals surface area contributed by atoms with Crippen LogP contribution in [0.5, 0.6) is 5.75 Å². The van der Waals surface area contributed by atoms with E-state index in [0.29, 0.717) is 37.4 Å². The Balaban J connectivity index is 1.74. The van der Waals surface area contributed by atoms with E-state index >= 15 is 0 Å². The molecule has 1 saturated heterocycles. The van der Waals surface area contributed by atoms with Crippen LogP contribution in [0, 0.1) is 15.9 Å². The SMILES string of the molecule is CS(=O)(=O)c1cc([N+](=O)[O-])ccc1N1CCC(Oc2ccc(F)cc2)CC1. The number of hydrogen-bond acceptors (Lipinski definition) is 6. The van der Waals surface area contributed by atoms with Crippen molar-refractivity contribution >= 4 is 21.2 Å². The van der Waals surface area contributed by atoms with Crippen LogP contribution in [0.15, 0.2) is 47.4 Å². The quantitative estimate of drug-likeness (QED) is 0.572. The molecule has 0 atom stereocenters. The minimum Gasteiger partial charge on any atom is -0.490 e. The van der Waals surface area contributed by atoms with Gasteiger partial charge in [-0.25, -0.2) is 12.8 Å². The lowest BCUT2D eigenvalue weighted by Crippen LogP contribution is -2.38. The highest BCUT2D eigenvalue weighted by Gasteiger charge is 2.26. The average Bonchev–Trinajstić information content (AvgIpc) is 2.63. The van der Waals surface area contributed by atoms with Crippen molar-refractivity contribution in [1.82, 2.24) is 0 Å². The summed E-state index contributed by atoms with van der Waals surface area (Å²) in [6.45, 7) is 1.10. The number of hydrogen-bond donors (Lipinski definition) is 0. The highest BCUT2D eigenvalue weighted by molar-refractivity contribution is 7.90. The molecule has 0 aromatic heterocycles. The predicted octanol–water partition coefficient (Wildman–Crippen LogP) is 3.19. The number of non-ortho nitro benzene ring substituents is 1. The number of nitro groups is 1. The molecule has 0 amide bonds. The zero-order chi connectivity index (χ0) is 19.6. The van der Waals surface area contributed by atoms with Crippen molar-refractivity contribution in [1.29, 1.82) is 0 Å². The Labute approximate surface area is 156 Å². The monoisotopic (exact) mass is 394 g/mol. The highest BCUT2D eigenvalue weighted by Crippen LogP contribution is 2.32. The zero-order valence-electron chi connectivity index (χ0n) is 14.7. The molecule has 0 bridgehead atoms. The van der Waals surface area contributed by atoms with E-state index in [-0.39, 0.29) is 22.5 Å².